The van der Waals surface area contributed by atoms with Crippen molar-refractivity contribution in [1.29, 1.82) is 0 Å². The van der Waals surface area contributed by atoms with Crippen LogP contribution in [-0.4, -0.2) is 37.3 Å². The minimum Gasteiger partial charge on any atom is -0.378 e. The molecule has 0 spiro atoms. The van der Waals surface area contributed by atoms with E-state index in [-0.39, 0.29) is 10.7 Å². The van der Waals surface area contributed by atoms with Crippen LogP contribution in [0.3, 0.4) is 0 Å². The maximum absolute atomic E-state index is 12.8. The Kier molecular flexibility index (Phi) is 4.41. The number of aromatic nitrogens is 2. The molecule has 0 aliphatic rings. The van der Waals surface area contributed by atoms with Crippen molar-refractivity contribution in [3.63, 3.8) is 0 Å². The summed E-state index contributed by atoms with van der Waals surface area (Å²) in [6.07, 6.45) is 2.59. The average Bonchev–Trinajstić information content (AvgIpc) is 3.12. The summed E-state index contributed by atoms with van der Waals surface area (Å²) >= 11 is 0. The number of imidazole rings is 1. The largest absolute Gasteiger partial charge is 0.378 e. The monoisotopic (exact) mass is 355 g/mol. The van der Waals surface area contributed by atoms with E-state index in [2.05, 4.69) is 4.98 Å². The number of carbonyl (C=O) groups is 1. The fourth-order valence-electron chi connectivity index (χ4n) is 2.39. The van der Waals surface area contributed by atoms with Crippen LogP contribution in [0.25, 0.3) is 0 Å². The summed E-state index contributed by atoms with van der Waals surface area (Å²) in [6.45, 7) is 0. The van der Waals surface area contributed by atoms with E-state index in [9.17, 15) is 13.2 Å². The van der Waals surface area contributed by atoms with Crippen LogP contribution in [0.5, 0.6) is 0 Å². The van der Waals surface area contributed by atoms with Crippen LogP contribution in [0.2, 0.25) is 0 Å². The van der Waals surface area contributed by atoms with Crippen molar-refractivity contribution in [3.8, 4) is 0 Å². The highest BCUT2D eigenvalue weighted by molar-refractivity contribution is 7.90. The number of benzene rings is 2. The van der Waals surface area contributed by atoms with Gasteiger partial charge in [-0.3, -0.25) is 4.79 Å². The highest BCUT2D eigenvalue weighted by Crippen LogP contribution is 2.19. The number of hydrogen-bond acceptors (Lipinski definition) is 5. The van der Waals surface area contributed by atoms with Gasteiger partial charge < -0.3 is 4.90 Å². The van der Waals surface area contributed by atoms with Gasteiger partial charge in [-0.05, 0) is 36.4 Å². The number of hydrogen-bond donors (Lipinski definition) is 0. The molecule has 0 unspecified atom stereocenters. The van der Waals surface area contributed by atoms with Gasteiger partial charge in [0.2, 0.25) is 5.78 Å². The van der Waals surface area contributed by atoms with E-state index in [4.69, 9.17) is 0 Å². The minimum absolute atomic E-state index is 0.102. The molecule has 0 fully saturated rings. The Morgan fingerprint density at radius 2 is 1.64 bits per heavy atom. The third-order valence-electron chi connectivity index (χ3n) is 3.76. The molecule has 6 nitrogen and oxygen atoms in total. The lowest BCUT2D eigenvalue weighted by Gasteiger charge is -2.12. The predicted molar refractivity (Wildman–Crippen MR) is 95.5 cm³/mol. The van der Waals surface area contributed by atoms with Crippen LogP contribution in [-0.2, 0) is 10.0 Å². The summed E-state index contributed by atoms with van der Waals surface area (Å²) in [5.41, 5.74) is 1.32. The molecule has 1 heterocycles. The first-order valence-corrected chi connectivity index (χ1v) is 9.01. The molecule has 0 atom stereocenters. The Hall–Kier alpha value is -2.93. The molecule has 25 heavy (non-hydrogen) atoms. The van der Waals surface area contributed by atoms with Crippen molar-refractivity contribution in [2.24, 2.45) is 0 Å². The normalized spacial score (nSPS) is 11.3. The summed E-state index contributed by atoms with van der Waals surface area (Å²) in [5.74, 6) is -0.587. The number of carbonyl (C=O) groups excluding carboxylic acids is 1. The van der Waals surface area contributed by atoms with Gasteiger partial charge in [-0.2, -0.15) is 0 Å². The van der Waals surface area contributed by atoms with E-state index in [0.29, 0.717) is 5.56 Å². The summed E-state index contributed by atoms with van der Waals surface area (Å²) in [5, 5.41) is 0. The first kappa shape index (κ1) is 16.9. The maximum atomic E-state index is 12.8. The second-order valence-electron chi connectivity index (χ2n) is 5.64. The van der Waals surface area contributed by atoms with Gasteiger partial charge in [-0.1, -0.05) is 18.2 Å². The van der Waals surface area contributed by atoms with E-state index in [1.54, 1.807) is 42.5 Å². The molecule has 0 bridgehead atoms. The Morgan fingerprint density at radius 1 is 1.00 bits per heavy atom. The molecule has 0 N–H and O–H groups in total. The number of ketones is 1. The second-order valence-corrected chi connectivity index (χ2v) is 7.45. The molecular formula is C18H17N3O3S. The highest BCUT2D eigenvalue weighted by Gasteiger charge is 2.24. The zero-order valence-electron chi connectivity index (χ0n) is 13.8. The first-order chi connectivity index (χ1) is 11.9. The molecule has 3 aromatic rings. The van der Waals surface area contributed by atoms with Crippen LogP contribution in [0.4, 0.5) is 5.69 Å². The van der Waals surface area contributed by atoms with Crippen LogP contribution in [0, 0.1) is 0 Å². The Morgan fingerprint density at radius 3 is 2.24 bits per heavy atom. The lowest BCUT2D eigenvalue weighted by atomic mass is 10.1. The zero-order chi connectivity index (χ0) is 18.0. The number of nitrogens with zero attached hydrogens (tertiary/aromatic N) is 3. The van der Waals surface area contributed by atoms with Crippen LogP contribution in [0.15, 0.2) is 71.9 Å². The molecule has 7 heteroatoms. The van der Waals surface area contributed by atoms with Crippen molar-refractivity contribution in [2.75, 3.05) is 19.0 Å². The number of anilines is 1. The molecule has 1 aromatic heterocycles. The van der Waals surface area contributed by atoms with E-state index in [0.717, 1.165) is 9.66 Å². The Balaban J connectivity index is 2.00. The molecule has 0 radical (unpaired) electrons. The second kappa shape index (κ2) is 6.52. The predicted octanol–water partition coefficient (Wildman–Crippen LogP) is 2.42. The van der Waals surface area contributed by atoms with Gasteiger partial charge in [0.1, 0.15) is 0 Å². The SMILES string of the molecule is CN(C)c1ccc(C(=O)c2nccn2S(=O)(=O)c2ccccc2)cc1. The van der Waals surface area contributed by atoms with Crippen LogP contribution in [0.1, 0.15) is 16.2 Å². The molecule has 0 aliphatic carbocycles. The topological polar surface area (TPSA) is 72.3 Å². The summed E-state index contributed by atoms with van der Waals surface area (Å²) in [6, 6.07) is 14.9. The van der Waals surface area contributed by atoms with Gasteiger partial charge in [0.15, 0.2) is 5.82 Å². The Bertz CT molecular complexity index is 992. The first-order valence-electron chi connectivity index (χ1n) is 7.57. The van der Waals surface area contributed by atoms with Crippen molar-refractivity contribution in [3.05, 3.63) is 78.4 Å². The third kappa shape index (κ3) is 3.18. The standard InChI is InChI=1S/C18H17N3O3S/c1-20(2)15-10-8-14(9-11-15)17(22)18-19-12-13-21(18)25(23,24)16-6-4-3-5-7-16/h3-13H,1-2H3. The smallest absolute Gasteiger partial charge is 0.269 e. The van der Waals surface area contributed by atoms with E-state index in [1.165, 1.54) is 24.5 Å². The van der Waals surface area contributed by atoms with Gasteiger partial charge in [-0.15, -0.1) is 0 Å². The quantitative estimate of drug-likeness (QED) is 0.657. The van der Waals surface area contributed by atoms with Gasteiger partial charge >= 0.3 is 0 Å². The minimum atomic E-state index is -3.88. The molecule has 0 saturated heterocycles. The maximum Gasteiger partial charge on any atom is 0.269 e. The van der Waals surface area contributed by atoms with Crippen molar-refractivity contribution < 1.29 is 13.2 Å². The van der Waals surface area contributed by atoms with E-state index >= 15 is 0 Å². The lowest BCUT2D eigenvalue weighted by molar-refractivity contribution is 0.102. The summed E-state index contributed by atoms with van der Waals surface area (Å²) < 4.78 is 26.4. The highest BCUT2D eigenvalue weighted by atomic mass is 32.2. The van der Waals surface area contributed by atoms with E-state index < -0.39 is 15.8 Å². The van der Waals surface area contributed by atoms with Gasteiger partial charge in [0.05, 0.1) is 4.90 Å². The fourth-order valence-corrected chi connectivity index (χ4v) is 3.69. The fraction of sp³-hybridized carbons (Fsp3) is 0.111. The molecule has 0 aliphatic heterocycles. The van der Waals surface area contributed by atoms with Gasteiger partial charge in [0.25, 0.3) is 10.0 Å². The van der Waals surface area contributed by atoms with Crippen molar-refractivity contribution in [2.45, 2.75) is 4.90 Å². The van der Waals surface area contributed by atoms with Crippen LogP contribution >= 0.6 is 0 Å². The Labute approximate surface area is 146 Å². The average molecular weight is 355 g/mol. The molecule has 3 rings (SSSR count). The van der Waals surface area contributed by atoms with Gasteiger partial charge in [-0.25, -0.2) is 17.4 Å². The molecule has 128 valence electrons. The van der Waals surface area contributed by atoms with Crippen molar-refractivity contribution >= 4 is 21.5 Å². The lowest BCUT2D eigenvalue weighted by Crippen LogP contribution is -2.19. The summed E-state index contributed by atoms with van der Waals surface area (Å²) in [7, 11) is -0.0783. The third-order valence-corrected chi connectivity index (χ3v) is 5.44. The van der Waals surface area contributed by atoms with Crippen LogP contribution < -0.4 is 4.90 Å². The zero-order valence-corrected chi connectivity index (χ0v) is 14.6. The molecule has 2 aromatic carbocycles. The van der Waals surface area contributed by atoms with Crippen molar-refractivity contribution in [1.82, 2.24) is 8.96 Å². The molecular weight excluding hydrogens is 338 g/mol. The van der Waals surface area contributed by atoms with Gasteiger partial charge in [0, 0.05) is 37.7 Å². The molecule has 0 saturated carbocycles. The summed E-state index contributed by atoms with van der Waals surface area (Å²) in [4.78, 5) is 18.7. The van der Waals surface area contributed by atoms with E-state index in [1.807, 2.05) is 19.0 Å². The molecule has 0 amide bonds. The number of rotatable bonds is 5.